The molecule has 0 heterocycles. The molecule has 4 nitrogen and oxygen atoms in total. The molecule has 0 aliphatic heterocycles. The van der Waals surface area contributed by atoms with Crippen LogP contribution in [0.2, 0.25) is 0 Å². The van der Waals surface area contributed by atoms with E-state index >= 15 is 0 Å². The van der Waals surface area contributed by atoms with Crippen molar-refractivity contribution in [3.05, 3.63) is 29.8 Å². The Kier molecular flexibility index (Phi) is 4.42. The van der Waals surface area contributed by atoms with Gasteiger partial charge in [0.2, 0.25) is 5.91 Å². The number of anilines is 1. The first-order chi connectivity index (χ1) is 9.51. The highest BCUT2D eigenvalue weighted by atomic mass is 16.4. The van der Waals surface area contributed by atoms with Crippen molar-refractivity contribution in [1.29, 1.82) is 0 Å². The Balaban J connectivity index is 2.07. The lowest BCUT2D eigenvalue weighted by Gasteiger charge is -2.15. The van der Waals surface area contributed by atoms with E-state index in [0.29, 0.717) is 18.8 Å². The zero-order valence-electron chi connectivity index (χ0n) is 11.9. The molecule has 1 aliphatic carbocycles. The lowest BCUT2D eigenvalue weighted by molar-refractivity contribution is -0.145. The van der Waals surface area contributed by atoms with Gasteiger partial charge in [0.25, 0.3) is 0 Å². The van der Waals surface area contributed by atoms with E-state index in [0.717, 1.165) is 17.7 Å². The van der Waals surface area contributed by atoms with E-state index in [1.807, 2.05) is 38.1 Å². The van der Waals surface area contributed by atoms with Crippen LogP contribution in [-0.4, -0.2) is 17.0 Å². The molecule has 0 radical (unpaired) electrons. The molecule has 1 fully saturated rings. The number of benzene rings is 1. The van der Waals surface area contributed by atoms with E-state index in [2.05, 4.69) is 5.32 Å². The first-order valence-corrected chi connectivity index (χ1v) is 7.11. The minimum atomic E-state index is -0.856. The Morgan fingerprint density at radius 1 is 1.20 bits per heavy atom. The second-order valence-corrected chi connectivity index (χ2v) is 5.65. The Hall–Kier alpha value is -1.84. The van der Waals surface area contributed by atoms with E-state index in [-0.39, 0.29) is 5.91 Å². The third kappa shape index (κ3) is 3.18. The highest BCUT2D eigenvalue weighted by Gasteiger charge is 2.42. The summed E-state index contributed by atoms with van der Waals surface area (Å²) in [5.74, 6) is -1.66. The molecule has 0 spiro atoms. The van der Waals surface area contributed by atoms with E-state index in [9.17, 15) is 14.7 Å². The molecule has 0 aromatic heterocycles. The Morgan fingerprint density at radius 3 is 2.35 bits per heavy atom. The molecule has 0 bridgehead atoms. The molecular weight excluding hydrogens is 254 g/mol. The van der Waals surface area contributed by atoms with Crippen molar-refractivity contribution in [3.8, 4) is 0 Å². The fraction of sp³-hybridized carbons (Fsp3) is 0.500. The van der Waals surface area contributed by atoms with Gasteiger partial charge in [-0.25, -0.2) is 0 Å². The number of aliphatic carboxylic acids is 1. The van der Waals surface area contributed by atoms with Crippen LogP contribution in [0.15, 0.2) is 24.3 Å². The maximum atomic E-state index is 12.3. The fourth-order valence-corrected chi connectivity index (χ4v) is 2.91. The normalized spacial score (nSPS) is 25.4. The third-order valence-corrected chi connectivity index (χ3v) is 4.21. The van der Waals surface area contributed by atoms with Gasteiger partial charge in [0.1, 0.15) is 0 Å². The van der Waals surface area contributed by atoms with Gasteiger partial charge in [0.05, 0.1) is 11.8 Å². The van der Waals surface area contributed by atoms with Gasteiger partial charge in [-0.2, -0.15) is 0 Å². The Morgan fingerprint density at radius 2 is 1.80 bits per heavy atom. The van der Waals surface area contributed by atoms with Gasteiger partial charge >= 0.3 is 5.97 Å². The molecule has 1 aliphatic rings. The number of nitrogens with one attached hydrogen (secondary N) is 1. The number of carboxylic acid groups (broad SMARTS) is 1. The number of amides is 1. The van der Waals surface area contributed by atoms with Crippen LogP contribution in [-0.2, 0) is 9.59 Å². The second-order valence-electron chi connectivity index (χ2n) is 5.65. The zero-order chi connectivity index (χ0) is 14.7. The Labute approximate surface area is 119 Å². The standard InChI is InChI=1S/C16H21NO3/c1-3-11-8-13(14(9-11)16(19)20)15(18)17-12-6-4-10(2)5-7-12/h4-7,11,13-14H,3,8-9H2,1-2H3,(H,17,18)(H,19,20)/t11?,13-,14+/m0/s1. The van der Waals surface area contributed by atoms with Gasteiger partial charge in [-0.1, -0.05) is 31.0 Å². The summed E-state index contributed by atoms with van der Waals surface area (Å²) in [4.78, 5) is 23.6. The molecule has 4 heteroatoms. The maximum absolute atomic E-state index is 12.3. The summed E-state index contributed by atoms with van der Waals surface area (Å²) in [6, 6.07) is 7.53. The molecule has 108 valence electrons. The molecule has 0 saturated heterocycles. The van der Waals surface area contributed by atoms with Crippen LogP contribution in [0, 0.1) is 24.7 Å². The fourth-order valence-electron chi connectivity index (χ4n) is 2.91. The molecule has 3 atom stereocenters. The van der Waals surface area contributed by atoms with Crippen molar-refractivity contribution in [2.75, 3.05) is 5.32 Å². The first kappa shape index (κ1) is 14.6. The quantitative estimate of drug-likeness (QED) is 0.887. The van der Waals surface area contributed by atoms with Crippen molar-refractivity contribution >= 4 is 17.6 Å². The number of carbonyl (C=O) groups excluding carboxylic acids is 1. The minimum Gasteiger partial charge on any atom is -0.481 e. The van der Waals surface area contributed by atoms with Crippen LogP contribution in [0.4, 0.5) is 5.69 Å². The summed E-state index contributed by atoms with van der Waals surface area (Å²) in [7, 11) is 0. The van der Waals surface area contributed by atoms with Crippen LogP contribution < -0.4 is 5.32 Å². The molecule has 2 N–H and O–H groups in total. The van der Waals surface area contributed by atoms with E-state index in [4.69, 9.17) is 0 Å². The van der Waals surface area contributed by atoms with Crippen LogP contribution in [0.3, 0.4) is 0 Å². The predicted octanol–water partition coefficient (Wildman–Crippen LogP) is 3.07. The highest BCUT2D eigenvalue weighted by Crippen LogP contribution is 2.39. The monoisotopic (exact) mass is 275 g/mol. The van der Waals surface area contributed by atoms with Gasteiger partial charge in [0.15, 0.2) is 0 Å². The van der Waals surface area contributed by atoms with Gasteiger partial charge < -0.3 is 10.4 Å². The smallest absolute Gasteiger partial charge is 0.307 e. The molecular formula is C16H21NO3. The average Bonchev–Trinajstić information content (AvgIpc) is 2.86. The number of carboxylic acids is 1. The van der Waals surface area contributed by atoms with E-state index in [1.165, 1.54) is 0 Å². The largest absolute Gasteiger partial charge is 0.481 e. The number of hydrogen-bond donors (Lipinski definition) is 2. The summed E-state index contributed by atoms with van der Waals surface area (Å²) in [6.45, 7) is 4.03. The van der Waals surface area contributed by atoms with E-state index < -0.39 is 17.8 Å². The minimum absolute atomic E-state index is 0.169. The van der Waals surface area contributed by atoms with Gasteiger partial charge in [0, 0.05) is 5.69 Å². The third-order valence-electron chi connectivity index (χ3n) is 4.21. The molecule has 1 unspecified atom stereocenters. The number of hydrogen-bond acceptors (Lipinski definition) is 2. The summed E-state index contributed by atoms with van der Waals surface area (Å²) >= 11 is 0. The maximum Gasteiger partial charge on any atom is 0.307 e. The van der Waals surface area contributed by atoms with Gasteiger partial charge in [-0.05, 0) is 37.8 Å². The van der Waals surface area contributed by atoms with Gasteiger partial charge in [-0.15, -0.1) is 0 Å². The summed E-state index contributed by atoms with van der Waals surface area (Å²) < 4.78 is 0. The summed E-state index contributed by atoms with van der Waals surface area (Å²) in [5.41, 5.74) is 1.85. The average molecular weight is 275 g/mol. The number of rotatable bonds is 4. The van der Waals surface area contributed by atoms with E-state index in [1.54, 1.807) is 0 Å². The molecule has 1 amide bonds. The SMILES string of the molecule is CCC1C[C@H](C(=O)Nc2ccc(C)cc2)[C@H](C(=O)O)C1. The summed E-state index contributed by atoms with van der Waals surface area (Å²) in [6.07, 6.45) is 2.21. The van der Waals surface area contributed by atoms with Crippen LogP contribution >= 0.6 is 0 Å². The lowest BCUT2D eigenvalue weighted by Crippen LogP contribution is -2.29. The number of carbonyl (C=O) groups is 2. The van der Waals surface area contributed by atoms with Crippen molar-refractivity contribution in [1.82, 2.24) is 0 Å². The first-order valence-electron chi connectivity index (χ1n) is 7.11. The molecule has 1 saturated carbocycles. The van der Waals surface area contributed by atoms with Crippen molar-refractivity contribution in [3.63, 3.8) is 0 Å². The van der Waals surface area contributed by atoms with Crippen LogP contribution in [0.5, 0.6) is 0 Å². The molecule has 20 heavy (non-hydrogen) atoms. The molecule has 2 rings (SSSR count). The van der Waals surface area contributed by atoms with Crippen molar-refractivity contribution in [2.45, 2.75) is 33.1 Å². The highest BCUT2D eigenvalue weighted by molar-refractivity contribution is 5.95. The van der Waals surface area contributed by atoms with Gasteiger partial charge in [-0.3, -0.25) is 9.59 Å². The predicted molar refractivity (Wildman–Crippen MR) is 77.4 cm³/mol. The second kappa shape index (κ2) is 6.07. The number of aryl methyl sites for hydroxylation is 1. The van der Waals surface area contributed by atoms with Crippen molar-refractivity contribution in [2.24, 2.45) is 17.8 Å². The molecule has 1 aromatic rings. The lowest BCUT2D eigenvalue weighted by atomic mass is 9.95. The Bertz CT molecular complexity index is 495. The zero-order valence-corrected chi connectivity index (χ0v) is 11.9. The molecule has 1 aromatic carbocycles. The van der Waals surface area contributed by atoms with Crippen molar-refractivity contribution < 1.29 is 14.7 Å². The van der Waals surface area contributed by atoms with Crippen LogP contribution in [0.1, 0.15) is 31.7 Å². The summed E-state index contributed by atoms with van der Waals surface area (Å²) in [5, 5.41) is 12.1. The van der Waals surface area contributed by atoms with Crippen LogP contribution in [0.25, 0.3) is 0 Å². The topological polar surface area (TPSA) is 66.4 Å².